The Bertz CT molecular complexity index is 739. The molecule has 0 fully saturated rings. The van der Waals surface area contributed by atoms with Crippen LogP contribution in [0.3, 0.4) is 0 Å². The summed E-state index contributed by atoms with van der Waals surface area (Å²) in [5.74, 6) is -0.465. The Kier molecular flexibility index (Phi) is 2.52. The lowest BCUT2D eigenvalue weighted by molar-refractivity contribution is 0.101. The monoisotopic (exact) mass is 260 g/mol. The van der Waals surface area contributed by atoms with Crippen molar-refractivity contribution in [3.63, 3.8) is 0 Å². The summed E-state index contributed by atoms with van der Waals surface area (Å²) in [6.07, 6.45) is 0. The molecule has 90 valence electrons. The molecule has 0 radical (unpaired) electrons. The van der Waals surface area contributed by atoms with Crippen molar-refractivity contribution in [1.82, 2.24) is 0 Å². The standard InChI is InChI=1S/C14H9FO2S/c1-8-5-6-18-14(8)12(16)11-7-9-3-2-4-10(15)13(9)17-11/h2-7H,1H3. The molecule has 2 nitrogen and oxygen atoms in total. The van der Waals surface area contributed by atoms with Gasteiger partial charge in [0.25, 0.3) is 0 Å². The molecule has 0 atom stereocenters. The van der Waals surface area contributed by atoms with Crippen LogP contribution in [0.25, 0.3) is 11.0 Å². The quantitative estimate of drug-likeness (QED) is 0.647. The molecule has 0 aliphatic carbocycles. The zero-order valence-electron chi connectivity index (χ0n) is 9.57. The molecule has 0 N–H and O–H groups in total. The average molecular weight is 260 g/mol. The number of furan rings is 1. The second kappa shape index (κ2) is 4.07. The Labute approximate surface area is 107 Å². The first-order valence-electron chi connectivity index (χ1n) is 5.43. The first kappa shape index (κ1) is 11.2. The maximum Gasteiger partial charge on any atom is 0.238 e. The number of halogens is 1. The number of rotatable bonds is 2. The van der Waals surface area contributed by atoms with Crippen LogP contribution in [0.5, 0.6) is 0 Å². The summed E-state index contributed by atoms with van der Waals surface area (Å²) >= 11 is 1.36. The molecule has 1 aromatic carbocycles. The first-order valence-corrected chi connectivity index (χ1v) is 6.31. The van der Waals surface area contributed by atoms with Gasteiger partial charge >= 0.3 is 0 Å². The van der Waals surface area contributed by atoms with E-state index >= 15 is 0 Å². The van der Waals surface area contributed by atoms with Gasteiger partial charge in [0.1, 0.15) is 0 Å². The number of carbonyl (C=O) groups is 1. The molecule has 4 heteroatoms. The molecule has 0 spiro atoms. The lowest BCUT2D eigenvalue weighted by Crippen LogP contribution is -1.97. The van der Waals surface area contributed by atoms with Gasteiger partial charge in [0, 0.05) is 5.39 Å². The molecule has 3 aromatic rings. The fraction of sp³-hybridized carbons (Fsp3) is 0.0714. The fourth-order valence-electron chi connectivity index (χ4n) is 1.86. The SMILES string of the molecule is Cc1ccsc1C(=O)c1cc2cccc(F)c2o1. The Morgan fingerprint density at radius 1 is 1.33 bits per heavy atom. The van der Waals surface area contributed by atoms with Crippen molar-refractivity contribution in [1.29, 1.82) is 0 Å². The minimum atomic E-state index is -0.450. The number of benzene rings is 1. The number of thiophene rings is 1. The second-order valence-corrected chi connectivity index (χ2v) is 4.95. The molecule has 0 aliphatic heterocycles. The smallest absolute Gasteiger partial charge is 0.238 e. The lowest BCUT2D eigenvalue weighted by atomic mass is 10.2. The van der Waals surface area contributed by atoms with Gasteiger partial charge in [0.15, 0.2) is 17.2 Å². The van der Waals surface area contributed by atoms with Gasteiger partial charge in [0.2, 0.25) is 5.78 Å². The maximum absolute atomic E-state index is 13.5. The van der Waals surface area contributed by atoms with E-state index in [9.17, 15) is 9.18 Å². The molecule has 3 rings (SSSR count). The van der Waals surface area contributed by atoms with E-state index in [0.29, 0.717) is 10.3 Å². The van der Waals surface area contributed by atoms with Crippen LogP contribution < -0.4 is 0 Å². The van der Waals surface area contributed by atoms with Crippen molar-refractivity contribution in [2.45, 2.75) is 6.92 Å². The number of carbonyl (C=O) groups excluding carboxylic acids is 1. The molecule has 0 bridgehead atoms. The summed E-state index contributed by atoms with van der Waals surface area (Å²) < 4.78 is 18.8. The van der Waals surface area contributed by atoms with Gasteiger partial charge in [0.05, 0.1) is 4.88 Å². The largest absolute Gasteiger partial charge is 0.449 e. The highest BCUT2D eigenvalue weighted by Gasteiger charge is 2.18. The van der Waals surface area contributed by atoms with Crippen molar-refractivity contribution >= 4 is 28.1 Å². The third kappa shape index (κ3) is 1.66. The minimum absolute atomic E-state index is 0.134. The van der Waals surface area contributed by atoms with Gasteiger partial charge < -0.3 is 4.42 Å². The normalized spacial score (nSPS) is 11.0. The lowest BCUT2D eigenvalue weighted by Gasteiger charge is -1.94. The number of para-hydroxylation sites is 1. The van der Waals surface area contributed by atoms with E-state index in [4.69, 9.17) is 4.42 Å². The number of hydrogen-bond acceptors (Lipinski definition) is 3. The highest BCUT2D eigenvalue weighted by atomic mass is 32.1. The van der Waals surface area contributed by atoms with Crippen molar-refractivity contribution in [3.8, 4) is 0 Å². The predicted octanol–water partition coefficient (Wildman–Crippen LogP) is 4.17. The molecule has 2 aromatic heterocycles. The Morgan fingerprint density at radius 2 is 2.17 bits per heavy atom. The van der Waals surface area contributed by atoms with Gasteiger partial charge in [-0.05, 0) is 36.1 Å². The Balaban J connectivity index is 2.13. The summed E-state index contributed by atoms with van der Waals surface area (Å²) in [7, 11) is 0. The molecular formula is C14H9FO2S. The summed E-state index contributed by atoms with van der Waals surface area (Å²) in [4.78, 5) is 12.8. The zero-order valence-corrected chi connectivity index (χ0v) is 10.4. The van der Waals surface area contributed by atoms with E-state index in [2.05, 4.69) is 0 Å². The Hall–Kier alpha value is -1.94. The van der Waals surface area contributed by atoms with E-state index in [0.717, 1.165) is 5.56 Å². The predicted molar refractivity (Wildman–Crippen MR) is 68.7 cm³/mol. The van der Waals surface area contributed by atoms with Gasteiger partial charge in [-0.1, -0.05) is 12.1 Å². The van der Waals surface area contributed by atoms with E-state index in [1.54, 1.807) is 18.2 Å². The zero-order chi connectivity index (χ0) is 12.7. The summed E-state index contributed by atoms with van der Waals surface area (Å²) in [6.45, 7) is 1.87. The molecule has 0 saturated carbocycles. The van der Waals surface area contributed by atoms with Crippen LogP contribution in [0.2, 0.25) is 0 Å². The fourth-order valence-corrected chi connectivity index (χ4v) is 2.73. The molecular weight excluding hydrogens is 251 g/mol. The molecule has 18 heavy (non-hydrogen) atoms. The number of hydrogen-bond donors (Lipinski definition) is 0. The summed E-state index contributed by atoms with van der Waals surface area (Å²) in [5, 5.41) is 2.46. The average Bonchev–Trinajstić information content (AvgIpc) is 2.95. The van der Waals surface area contributed by atoms with Crippen LogP contribution in [-0.4, -0.2) is 5.78 Å². The third-order valence-corrected chi connectivity index (χ3v) is 3.80. The van der Waals surface area contributed by atoms with E-state index in [1.807, 2.05) is 18.4 Å². The summed E-state index contributed by atoms with van der Waals surface area (Å²) in [6, 6.07) is 8.09. The van der Waals surface area contributed by atoms with Crippen LogP contribution in [0, 0.1) is 12.7 Å². The molecule has 0 amide bonds. The van der Waals surface area contributed by atoms with Crippen molar-refractivity contribution in [2.24, 2.45) is 0 Å². The van der Waals surface area contributed by atoms with Crippen LogP contribution in [0.1, 0.15) is 21.0 Å². The van der Waals surface area contributed by atoms with Crippen molar-refractivity contribution in [3.05, 3.63) is 57.7 Å². The maximum atomic E-state index is 13.5. The topological polar surface area (TPSA) is 30.2 Å². The number of ketones is 1. The number of aryl methyl sites for hydroxylation is 1. The van der Waals surface area contributed by atoms with Crippen molar-refractivity contribution in [2.75, 3.05) is 0 Å². The molecule has 0 unspecified atom stereocenters. The molecule has 0 saturated heterocycles. The van der Waals surface area contributed by atoms with E-state index in [-0.39, 0.29) is 17.1 Å². The van der Waals surface area contributed by atoms with E-state index < -0.39 is 5.82 Å². The van der Waals surface area contributed by atoms with Crippen LogP contribution in [-0.2, 0) is 0 Å². The van der Waals surface area contributed by atoms with Crippen LogP contribution >= 0.6 is 11.3 Å². The van der Waals surface area contributed by atoms with Crippen LogP contribution in [0.4, 0.5) is 4.39 Å². The van der Waals surface area contributed by atoms with Gasteiger partial charge in [-0.3, -0.25) is 4.79 Å². The molecule has 2 heterocycles. The minimum Gasteiger partial charge on any atom is -0.449 e. The summed E-state index contributed by atoms with van der Waals surface area (Å²) in [5.41, 5.74) is 1.04. The highest BCUT2D eigenvalue weighted by molar-refractivity contribution is 7.12. The molecule has 0 aliphatic rings. The van der Waals surface area contributed by atoms with E-state index in [1.165, 1.54) is 17.4 Å². The van der Waals surface area contributed by atoms with Crippen LogP contribution in [0.15, 0.2) is 40.1 Å². The Morgan fingerprint density at radius 3 is 2.83 bits per heavy atom. The first-order chi connectivity index (χ1) is 8.66. The van der Waals surface area contributed by atoms with Gasteiger partial charge in [-0.2, -0.15) is 0 Å². The third-order valence-electron chi connectivity index (χ3n) is 2.79. The van der Waals surface area contributed by atoms with Gasteiger partial charge in [-0.15, -0.1) is 11.3 Å². The second-order valence-electron chi connectivity index (χ2n) is 4.03. The number of fused-ring (bicyclic) bond motifs is 1. The highest BCUT2D eigenvalue weighted by Crippen LogP contribution is 2.26. The van der Waals surface area contributed by atoms with Crippen molar-refractivity contribution < 1.29 is 13.6 Å². The van der Waals surface area contributed by atoms with Gasteiger partial charge in [-0.25, -0.2) is 4.39 Å².